The Bertz CT molecular complexity index is 473. The van der Waals surface area contributed by atoms with E-state index >= 15 is 0 Å². The number of hydroxylamine groups is 4. The molecule has 0 aliphatic carbocycles. The Morgan fingerprint density at radius 2 is 1.12 bits per heavy atom. The van der Waals surface area contributed by atoms with Gasteiger partial charge in [-0.15, -0.1) is 10.1 Å². The lowest BCUT2D eigenvalue weighted by Crippen LogP contribution is -2.30. The fourth-order valence-corrected chi connectivity index (χ4v) is 0.905. The van der Waals surface area contributed by atoms with Gasteiger partial charge in [-0.3, -0.25) is 0 Å². The number of hydrogen-bond donors (Lipinski definition) is 4. The van der Waals surface area contributed by atoms with Gasteiger partial charge in [0.25, 0.3) is 0 Å². The number of carbonyl (C=O) groups excluding carboxylic acids is 2. The highest BCUT2D eigenvalue weighted by Crippen LogP contribution is 1.83. The first-order valence-electron chi connectivity index (χ1n) is 8.46. The fraction of sp³-hybridized carbons (Fsp3) is 0.625. The zero-order valence-electron chi connectivity index (χ0n) is 18.2. The number of methoxy groups -OCH3 is 2. The zero-order chi connectivity index (χ0) is 25.9. The Kier molecular flexibility index (Phi) is 32.4. The molecule has 0 aromatic carbocycles. The molecule has 0 saturated heterocycles. The Morgan fingerprint density at radius 1 is 0.781 bits per heavy atom. The smallest absolute Gasteiger partial charge is 0.351 e. The van der Waals surface area contributed by atoms with E-state index in [0.717, 1.165) is 10.1 Å². The average molecular weight is 474 g/mol. The number of hydrogen-bond acceptors (Lipinski definition) is 14. The maximum atomic E-state index is 9.53. The molecule has 0 spiro atoms. The van der Waals surface area contributed by atoms with Gasteiger partial charge in [0.2, 0.25) is 0 Å². The molecular weight excluding hydrogens is 444 g/mol. The fourth-order valence-electron chi connectivity index (χ4n) is 0.905. The van der Waals surface area contributed by atoms with Crippen LogP contribution in [0.25, 0.3) is 0 Å². The normalized spacial score (nSPS) is 9.75. The summed E-state index contributed by atoms with van der Waals surface area (Å²) >= 11 is 0. The van der Waals surface area contributed by atoms with E-state index in [-0.39, 0.29) is 26.9 Å². The zero-order valence-corrected chi connectivity index (χ0v) is 18.2. The molecule has 32 heavy (non-hydrogen) atoms. The van der Waals surface area contributed by atoms with Gasteiger partial charge in [0.1, 0.15) is 26.9 Å². The molecule has 0 aliphatic heterocycles. The van der Waals surface area contributed by atoms with Crippen molar-refractivity contribution in [3.63, 3.8) is 0 Å². The molecule has 0 amide bonds. The van der Waals surface area contributed by atoms with Crippen LogP contribution >= 0.6 is 0 Å². The van der Waals surface area contributed by atoms with E-state index in [9.17, 15) is 14.7 Å². The van der Waals surface area contributed by atoms with Gasteiger partial charge >= 0.3 is 11.9 Å². The summed E-state index contributed by atoms with van der Waals surface area (Å²) in [4.78, 5) is 37.0. The molecule has 0 heterocycles. The van der Waals surface area contributed by atoms with E-state index in [1.54, 1.807) is 0 Å². The molecule has 190 valence electrons. The second-order valence-corrected chi connectivity index (χ2v) is 4.68. The Hall–Kier alpha value is -2.70. The summed E-state index contributed by atoms with van der Waals surface area (Å²) in [6.45, 7) is 5.70. The standard InChI is InChI=1S/C6H15NO3.C4H11NO3.C4H4O4.C2H2O4/c1-3-9-5-7(8)6-10-4-2;1-7-3-5(6)4-8-2;5-3(6)1-2-4(7)8;3-1(4)2(5)6/h8H,3-6H2,1-2H3;6H,3-4H2,1-2H3;1-2H,(H,5,6)(H,7,8);(H,3,4)(H,5,6)/p-2/b;;2-1+;. The van der Waals surface area contributed by atoms with Gasteiger partial charge < -0.3 is 59.4 Å². The van der Waals surface area contributed by atoms with Gasteiger partial charge in [-0.2, -0.15) is 0 Å². The lowest BCUT2D eigenvalue weighted by atomic mass is 10.5. The molecule has 0 fully saturated rings. The van der Waals surface area contributed by atoms with Crippen LogP contribution in [-0.4, -0.2) is 109 Å². The lowest BCUT2D eigenvalue weighted by molar-refractivity contribution is -0.303. The third kappa shape index (κ3) is 45.8. The van der Waals surface area contributed by atoms with Gasteiger partial charge in [-0.05, 0) is 19.9 Å². The minimum absolute atomic E-state index is 0.174. The lowest BCUT2D eigenvalue weighted by Gasteiger charge is -2.12. The monoisotopic (exact) mass is 474 g/mol. The molecule has 0 saturated carbocycles. The number of aliphatic carboxylic acids is 4. The quantitative estimate of drug-likeness (QED) is 0.0939. The SMILES string of the molecule is CCOCN(O)COCC.COCN(O)COC.O=C([O-])/C=C/C(=O)O.O=C([O-])C(=O)O. The van der Waals surface area contributed by atoms with Crippen LogP contribution in [0.1, 0.15) is 13.8 Å². The Morgan fingerprint density at radius 3 is 1.31 bits per heavy atom. The van der Waals surface area contributed by atoms with Crippen molar-refractivity contribution in [2.45, 2.75) is 13.8 Å². The molecule has 0 aromatic heterocycles. The van der Waals surface area contributed by atoms with E-state index in [0.29, 0.717) is 25.4 Å². The molecule has 0 aromatic rings. The van der Waals surface area contributed by atoms with E-state index in [1.807, 2.05) is 13.8 Å². The summed E-state index contributed by atoms with van der Waals surface area (Å²) < 4.78 is 18.9. The number of nitrogens with zero attached hydrogens (tertiary/aromatic N) is 2. The first kappa shape index (κ1) is 36.7. The maximum absolute atomic E-state index is 9.53. The molecule has 0 aliphatic rings. The molecule has 0 bridgehead atoms. The van der Waals surface area contributed by atoms with Crippen molar-refractivity contribution in [1.29, 1.82) is 0 Å². The largest absolute Gasteiger partial charge is 0.545 e. The van der Waals surface area contributed by atoms with Crippen LogP contribution in [0.15, 0.2) is 12.2 Å². The van der Waals surface area contributed by atoms with Gasteiger partial charge in [0.15, 0.2) is 5.97 Å². The van der Waals surface area contributed by atoms with Gasteiger partial charge in [-0.25, -0.2) is 9.59 Å². The molecule has 0 radical (unpaired) electrons. The number of carboxylic acids is 4. The third-order valence-corrected chi connectivity index (χ3v) is 1.98. The summed E-state index contributed by atoms with van der Waals surface area (Å²) in [6.07, 6.45) is 0.942. The Labute approximate surface area is 184 Å². The second kappa shape index (κ2) is 28.3. The maximum Gasteiger partial charge on any atom is 0.351 e. The van der Waals surface area contributed by atoms with Crippen LogP contribution in [0, 0.1) is 0 Å². The van der Waals surface area contributed by atoms with E-state index < -0.39 is 23.9 Å². The number of carboxylic acid groups (broad SMARTS) is 4. The molecule has 4 N–H and O–H groups in total. The summed E-state index contributed by atoms with van der Waals surface area (Å²) in [6, 6.07) is 0. The first-order chi connectivity index (χ1) is 14.9. The summed E-state index contributed by atoms with van der Waals surface area (Å²) in [7, 11) is 3.00. The van der Waals surface area contributed by atoms with Gasteiger partial charge in [0.05, 0.1) is 5.97 Å². The Balaban J connectivity index is -0.000000166. The highest BCUT2D eigenvalue weighted by Gasteiger charge is 1.96. The molecule has 0 rings (SSSR count). The van der Waals surface area contributed by atoms with Gasteiger partial charge in [-0.1, -0.05) is 0 Å². The number of ether oxygens (including phenoxy) is 4. The predicted molar refractivity (Wildman–Crippen MR) is 98.4 cm³/mol. The van der Waals surface area contributed by atoms with Gasteiger partial charge in [0, 0.05) is 33.5 Å². The van der Waals surface area contributed by atoms with E-state index in [1.165, 1.54) is 14.2 Å². The van der Waals surface area contributed by atoms with Crippen molar-refractivity contribution in [3.8, 4) is 0 Å². The predicted octanol–water partition coefficient (Wildman–Crippen LogP) is -3.25. The van der Waals surface area contributed by atoms with Crippen LogP contribution in [0.4, 0.5) is 0 Å². The highest BCUT2D eigenvalue weighted by molar-refractivity contribution is 6.26. The summed E-state index contributed by atoms with van der Waals surface area (Å²) in [5.74, 6) is -6.81. The minimum atomic E-state index is -2.07. The second-order valence-electron chi connectivity index (χ2n) is 4.68. The van der Waals surface area contributed by atoms with E-state index in [2.05, 4.69) is 9.47 Å². The molecule has 0 unspecified atom stereocenters. The van der Waals surface area contributed by atoms with Crippen LogP contribution < -0.4 is 10.2 Å². The van der Waals surface area contributed by atoms with Crippen LogP contribution in [0.3, 0.4) is 0 Å². The first-order valence-corrected chi connectivity index (χ1v) is 8.46. The molecule has 0 atom stereocenters. The van der Waals surface area contributed by atoms with Crippen molar-refractivity contribution in [2.24, 2.45) is 0 Å². The van der Waals surface area contributed by atoms with Crippen LogP contribution in [0.2, 0.25) is 0 Å². The van der Waals surface area contributed by atoms with Crippen molar-refractivity contribution < 1.29 is 69.0 Å². The summed E-state index contributed by atoms with van der Waals surface area (Å²) in [5, 5.41) is 53.0. The minimum Gasteiger partial charge on any atom is -0.545 e. The van der Waals surface area contributed by atoms with Crippen LogP contribution in [0.5, 0.6) is 0 Å². The van der Waals surface area contributed by atoms with Crippen molar-refractivity contribution in [1.82, 2.24) is 10.1 Å². The topological polar surface area (TPSA) is 239 Å². The molecule has 16 heteroatoms. The third-order valence-electron chi connectivity index (χ3n) is 1.98. The van der Waals surface area contributed by atoms with Crippen LogP contribution in [-0.2, 0) is 38.1 Å². The molecule has 16 nitrogen and oxygen atoms in total. The molecular formula is C16H30N2O14-2. The van der Waals surface area contributed by atoms with Crippen molar-refractivity contribution >= 4 is 23.9 Å². The summed E-state index contributed by atoms with van der Waals surface area (Å²) in [5.41, 5.74) is 0. The van der Waals surface area contributed by atoms with E-state index in [4.69, 9.17) is 44.8 Å². The number of rotatable bonds is 12. The highest BCUT2D eigenvalue weighted by atomic mass is 16.6. The average Bonchev–Trinajstić information content (AvgIpc) is 2.71. The van der Waals surface area contributed by atoms with Crippen molar-refractivity contribution in [3.05, 3.63) is 12.2 Å². The van der Waals surface area contributed by atoms with Crippen molar-refractivity contribution in [2.75, 3.05) is 54.4 Å². The number of carbonyl (C=O) groups is 4.